The van der Waals surface area contributed by atoms with E-state index >= 15 is 0 Å². The van der Waals surface area contributed by atoms with Crippen molar-refractivity contribution in [2.45, 2.75) is 51.0 Å². The van der Waals surface area contributed by atoms with Crippen LogP contribution >= 0.6 is 0 Å². The third kappa shape index (κ3) is 2.62. The summed E-state index contributed by atoms with van der Waals surface area (Å²) in [6.07, 6.45) is 11.2. The molecule has 5 nitrogen and oxygen atoms in total. The Morgan fingerprint density at radius 1 is 1.29 bits per heavy atom. The van der Waals surface area contributed by atoms with Crippen molar-refractivity contribution in [2.75, 3.05) is 13.1 Å². The molecule has 0 amide bonds. The van der Waals surface area contributed by atoms with Gasteiger partial charge in [-0.15, -0.1) is 0 Å². The van der Waals surface area contributed by atoms with Crippen LogP contribution in [0.4, 0.5) is 0 Å². The zero-order chi connectivity index (χ0) is 14.1. The van der Waals surface area contributed by atoms with Crippen molar-refractivity contribution in [3.05, 3.63) is 35.0 Å². The number of likely N-dealkylation sites (tertiary alicyclic amines) is 1. The lowest BCUT2D eigenvalue weighted by atomic mass is 9.92. The Morgan fingerprint density at radius 2 is 2.24 bits per heavy atom. The van der Waals surface area contributed by atoms with Crippen molar-refractivity contribution in [3.8, 4) is 0 Å². The summed E-state index contributed by atoms with van der Waals surface area (Å²) >= 11 is 0. The van der Waals surface area contributed by atoms with E-state index in [1.807, 2.05) is 12.4 Å². The Labute approximate surface area is 124 Å². The standard InChI is InChI=1S/C16H22N4O/c1-2-6-16-14(5-1)15(19-21-16)11-20-7-3-4-12(10-20)13-8-17-18-9-13/h8-9,12H,1-7,10-11H2,(H,17,18)/t12-/m0/s1. The van der Waals surface area contributed by atoms with Gasteiger partial charge in [-0.2, -0.15) is 5.10 Å². The minimum atomic E-state index is 0.597. The zero-order valence-corrected chi connectivity index (χ0v) is 12.3. The molecule has 1 saturated heterocycles. The Kier molecular flexibility index (Phi) is 3.51. The Hall–Kier alpha value is -1.62. The fourth-order valence-electron chi connectivity index (χ4n) is 3.74. The Morgan fingerprint density at radius 3 is 3.14 bits per heavy atom. The van der Waals surface area contributed by atoms with Crippen molar-refractivity contribution < 1.29 is 4.52 Å². The van der Waals surface area contributed by atoms with Crippen LogP contribution in [0.2, 0.25) is 0 Å². The summed E-state index contributed by atoms with van der Waals surface area (Å²) in [7, 11) is 0. The van der Waals surface area contributed by atoms with Gasteiger partial charge in [-0.25, -0.2) is 0 Å². The maximum absolute atomic E-state index is 5.54. The van der Waals surface area contributed by atoms with Gasteiger partial charge >= 0.3 is 0 Å². The number of fused-ring (bicyclic) bond motifs is 1. The van der Waals surface area contributed by atoms with Crippen molar-refractivity contribution in [2.24, 2.45) is 0 Å². The number of piperidine rings is 1. The lowest BCUT2D eigenvalue weighted by Gasteiger charge is -2.31. The molecule has 21 heavy (non-hydrogen) atoms. The van der Waals surface area contributed by atoms with Gasteiger partial charge in [-0.05, 0) is 50.1 Å². The van der Waals surface area contributed by atoms with E-state index in [-0.39, 0.29) is 0 Å². The molecule has 0 bridgehead atoms. The number of aryl methyl sites for hydroxylation is 1. The third-order valence-electron chi connectivity index (χ3n) is 4.90. The molecule has 0 aromatic carbocycles. The highest BCUT2D eigenvalue weighted by Gasteiger charge is 2.25. The lowest BCUT2D eigenvalue weighted by molar-refractivity contribution is 0.195. The van der Waals surface area contributed by atoms with Crippen LogP contribution < -0.4 is 0 Å². The second-order valence-electron chi connectivity index (χ2n) is 6.34. The average molecular weight is 286 g/mol. The molecule has 2 aromatic rings. The van der Waals surface area contributed by atoms with E-state index in [9.17, 15) is 0 Å². The number of aromatic amines is 1. The zero-order valence-electron chi connectivity index (χ0n) is 12.3. The molecule has 0 radical (unpaired) electrons. The molecule has 0 spiro atoms. The second kappa shape index (κ2) is 5.64. The summed E-state index contributed by atoms with van der Waals surface area (Å²) < 4.78 is 5.54. The van der Waals surface area contributed by atoms with Crippen LogP contribution in [0.3, 0.4) is 0 Å². The van der Waals surface area contributed by atoms with Gasteiger partial charge in [0.15, 0.2) is 0 Å². The van der Waals surface area contributed by atoms with Crippen LogP contribution in [0.25, 0.3) is 0 Å². The van der Waals surface area contributed by atoms with Crippen LogP contribution in [0.15, 0.2) is 16.9 Å². The molecule has 1 aliphatic carbocycles. The lowest BCUT2D eigenvalue weighted by Crippen LogP contribution is -2.34. The number of hydrogen-bond acceptors (Lipinski definition) is 4. The van der Waals surface area contributed by atoms with Crippen molar-refractivity contribution in [1.29, 1.82) is 0 Å². The molecule has 3 heterocycles. The summed E-state index contributed by atoms with van der Waals surface area (Å²) in [5, 5.41) is 11.4. The smallest absolute Gasteiger partial charge is 0.140 e. The van der Waals surface area contributed by atoms with Gasteiger partial charge in [0, 0.05) is 31.3 Å². The fourth-order valence-corrected chi connectivity index (χ4v) is 3.74. The monoisotopic (exact) mass is 286 g/mol. The Bertz CT molecular complexity index is 589. The summed E-state index contributed by atoms with van der Waals surface area (Å²) in [5.74, 6) is 1.74. The maximum atomic E-state index is 5.54. The van der Waals surface area contributed by atoms with Gasteiger partial charge in [0.2, 0.25) is 0 Å². The van der Waals surface area contributed by atoms with Crippen molar-refractivity contribution in [1.82, 2.24) is 20.3 Å². The minimum absolute atomic E-state index is 0.597. The predicted molar refractivity (Wildman–Crippen MR) is 79.0 cm³/mol. The normalized spacial score (nSPS) is 23.1. The van der Waals surface area contributed by atoms with Crippen LogP contribution in [0, 0.1) is 0 Å². The number of rotatable bonds is 3. The third-order valence-corrected chi connectivity index (χ3v) is 4.90. The molecule has 1 N–H and O–H groups in total. The van der Waals surface area contributed by atoms with Gasteiger partial charge in [-0.1, -0.05) is 5.16 Å². The first-order valence-corrected chi connectivity index (χ1v) is 8.07. The summed E-state index contributed by atoms with van der Waals surface area (Å²) in [6, 6.07) is 0. The van der Waals surface area contributed by atoms with E-state index in [0.29, 0.717) is 5.92 Å². The average Bonchev–Trinajstić information content (AvgIpc) is 3.18. The molecule has 0 unspecified atom stereocenters. The SMILES string of the molecule is c1n[nH]cc1[C@H]1CCCN(Cc2noc3c2CCCC3)C1. The highest BCUT2D eigenvalue weighted by molar-refractivity contribution is 5.25. The molecule has 1 aliphatic heterocycles. The van der Waals surface area contributed by atoms with E-state index in [2.05, 4.69) is 20.3 Å². The van der Waals surface area contributed by atoms with Gasteiger partial charge in [0.25, 0.3) is 0 Å². The number of aromatic nitrogens is 3. The van der Waals surface area contributed by atoms with Crippen molar-refractivity contribution >= 4 is 0 Å². The van der Waals surface area contributed by atoms with Gasteiger partial charge in [0.05, 0.1) is 6.20 Å². The molecule has 0 saturated carbocycles. The summed E-state index contributed by atoms with van der Waals surface area (Å²) in [5.41, 5.74) is 3.91. The van der Waals surface area contributed by atoms with E-state index in [0.717, 1.165) is 38.2 Å². The first kappa shape index (κ1) is 13.1. The molecule has 112 valence electrons. The number of hydrogen-bond donors (Lipinski definition) is 1. The fraction of sp³-hybridized carbons (Fsp3) is 0.625. The topological polar surface area (TPSA) is 58.0 Å². The van der Waals surface area contributed by atoms with Crippen LogP contribution in [0.5, 0.6) is 0 Å². The molecular weight excluding hydrogens is 264 g/mol. The van der Waals surface area contributed by atoms with E-state index in [4.69, 9.17) is 4.52 Å². The maximum Gasteiger partial charge on any atom is 0.140 e. The molecule has 1 fully saturated rings. The van der Waals surface area contributed by atoms with Gasteiger partial charge < -0.3 is 4.52 Å². The number of H-pyrrole nitrogens is 1. The van der Waals surface area contributed by atoms with Crippen LogP contribution in [0.1, 0.15) is 54.2 Å². The first-order valence-electron chi connectivity index (χ1n) is 8.07. The van der Waals surface area contributed by atoms with E-state index in [1.165, 1.54) is 42.5 Å². The van der Waals surface area contributed by atoms with E-state index in [1.54, 1.807) is 0 Å². The Balaban J connectivity index is 1.46. The van der Waals surface area contributed by atoms with Gasteiger partial charge in [-0.3, -0.25) is 10.00 Å². The van der Waals surface area contributed by atoms with Crippen molar-refractivity contribution in [3.63, 3.8) is 0 Å². The number of nitrogens with one attached hydrogen (secondary N) is 1. The highest BCUT2D eigenvalue weighted by atomic mass is 16.5. The molecular formula is C16H22N4O. The highest BCUT2D eigenvalue weighted by Crippen LogP contribution is 2.29. The first-order chi connectivity index (χ1) is 10.4. The molecule has 2 aliphatic rings. The number of nitrogens with zero attached hydrogens (tertiary/aromatic N) is 3. The minimum Gasteiger partial charge on any atom is -0.361 e. The molecule has 4 rings (SSSR count). The van der Waals surface area contributed by atoms with Crippen LogP contribution in [-0.4, -0.2) is 33.3 Å². The molecule has 2 aromatic heterocycles. The second-order valence-corrected chi connectivity index (χ2v) is 6.34. The predicted octanol–water partition coefficient (Wildman–Crippen LogP) is 2.66. The van der Waals surface area contributed by atoms with Gasteiger partial charge in [0.1, 0.15) is 11.5 Å². The summed E-state index contributed by atoms with van der Waals surface area (Å²) in [4.78, 5) is 2.52. The quantitative estimate of drug-likeness (QED) is 0.942. The largest absolute Gasteiger partial charge is 0.361 e. The van der Waals surface area contributed by atoms with E-state index < -0.39 is 0 Å². The molecule has 5 heteroatoms. The summed E-state index contributed by atoms with van der Waals surface area (Å²) in [6.45, 7) is 3.20. The van der Waals surface area contributed by atoms with Crippen LogP contribution in [-0.2, 0) is 19.4 Å². The molecule has 1 atom stereocenters.